The summed E-state index contributed by atoms with van der Waals surface area (Å²) in [6.45, 7) is 2.05. The molecule has 0 fully saturated rings. The molecular formula is C15H12Cl2O. The first-order chi connectivity index (χ1) is 8.63. The fourth-order valence-electron chi connectivity index (χ4n) is 1.79. The minimum atomic E-state index is -0.138. The van der Waals surface area contributed by atoms with E-state index < -0.39 is 0 Å². The first-order valence-corrected chi connectivity index (χ1v) is 6.46. The van der Waals surface area contributed by atoms with E-state index in [0.29, 0.717) is 21.2 Å². The average Bonchev–Trinajstić information content (AvgIpc) is 2.38. The highest BCUT2D eigenvalue weighted by Gasteiger charge is 2.16. The van der Waals surface area contributed by atoms with Crippen LogP contribution in [0.5, 0.6) is 0 Å². The van der Waals surface area contributed by atoms with E-state index in [9.17, 15) is 4.79 Å². The maximum Gasteiger partial charge on any atom is 0.196 e. The second-order valence-corrected chi connectivity index (χ2v) is 4.79. The maximum absolute atomic E-state index is 12.4. The van der Waals surface area contributed by atoms with Gasteiger partial charge < -0.3 is 0 Å². The van der Waals surface area contributed by atoms with E-state index in [2.05, 4.69) is 0 Å². The van der Waals surface area contributed by atoms with Crippen molar-refractivity contribution in [2.24, 2.45) is 0 Å². The Labute approximate surface area is 116 Å². The first kappa shape index (κ1) is 13.1. The van der Waals surface area contributed by atoms with E-state index in [-0.39, 0.29) is 5.78 Å². The Bertz CT molecular complexity index is 571. The molecule has 2 aromatic rings. The minimum Gasteiger partial charge on any atom is -0.288 e. The number of ketones is 1. The lowest BCUT2D eigenvalue weighted by molar-refractivity contribution is 0.103. The number of hydrogen-bond acceptors (Lipinski definition) is 1. The van der Waals surface area contributed by atoms with Crippen LogP contribution < -0.4 is 0 Å². The van der Waals surface area contributed by atoms with E-state index >= 15 is 0 Å². The molecule has 3 heteroatoms. The van der Waals surface area contributed by atoms with Crippen molar-refractivity contribution in [2.75, 3.05) is 0 Å². The SMILES string of the molecule is CCc1cccc(C(=O)c2c(Cl)cccc2Cl)c1. The van der Waals surface area contributed by atoms with Crippen molar-refractivity contribution >= 4 is 29.0 Å². The molecule has 0 N–H and O–H groups in total. The van der Waals surface area contributed by atoms with Crippen molar-refractivity contribution in [3.05, 3.63) is 69.2 Å². The molecule has 0 bridgehead atoms. The van der Waals surface area contributed by atoms with E-state index in [1.807, 2.05) is 25.1 Å². The molecule has 0 aromatic heterocycles. The van der Waals surface area contributed by atoms with Crippen molar-refractivity contribution in [3.8, 4) is 0 Å². The zero-order valence-electron chi connectivity index (χ0n) is 9.91. The van der Waals surface area contributed by atoms with Gasteiger partial charge >= 0.3 is 0 Å². The van der Waals surface area contributed by atoms with Crippen molar-refractivity contribution in [3.63, 3.8) is 0 Å². The second-order valence-electron chi connectivity index (χ2n) is 3.98. The molecule has 0 aliphatic carbocycles. The van der Waals surface area contributed by atoms with Gasteiger partial charge in [0.25, 0.3) is 0 Å². The summed E-state index contributed by atoms with van der Waals surface area (Å²) in [5, 5.41) is 0.767. The summed E-state index contributed by atoms with van der Waals surface area (Å²) in [5.41, 5.74) is 2.10. The summed E-state index contributed by atoms with van der Waals surface area (Å²) >= 11 is 12.1. The number of benzene rings is 2. The first-order valence-electron chi connectivity index (χ1n) is 5.71. The lowest BCUT2D eigenvalue weighted by Gasteiger charge is -2.07. The summed E-state index contributed by atoms with van der Waals surface area (Å²) in [6.07, 6.45) is 0.886. The van der Waals surface area contributed by atoms with Crippen LogP contribution in [-0.4, -0.2) is 5.78 Å². The van der Waals surface area contributed by atoms with Gasteiger partial charge in [0.15, 0.2) is 5.78 Å². The van der Waals surface area contributed by atoms with Crippen LogP contribution >= 0.6 is 23.2 Å². The predicted octanol–water partition coefficient (Wildman–Crippen LogP) is 4.79. The van der Waals surface area contributed by atoms with Gasteiger partial charge in [-0.1, -0.05) is 54.4 Å². The van der Waals surface area contributed by atoms with E-state index in [1.165, 1.54) is 0 Å². The van der Waals surface area contributed by atoms with E-state index in [1.54, 1.807) is 24.3 Å². The van der Waals surface area contributed by atoms with Crippen LogP contribution in [0.2, 0.25) is 10.0 Å². The van der Waals surface area contributed by atoms with Gasteiger partial charge in [-0.2, -0.15) is 0 Å². The third kappa shape index (κ3) is 2.58. The zero-order valence-corrected chi connectivity index (χ0v) is 11.4. The Morgan fingerprint density at radius 3 is 2.28 bits per heavy atom. The molecule has 1 nitrogen and oxygen atoms in total. The van der Waals surface area contributed by atoms with Crippen molar-refractivity contribution in [2.45, 2.75) is 13.3 Å². The Morgan fingerprint density at radius 1 is 1.06 bits per heavy atom. The monoisotopic (exact) mass is 278 g/mol. The van der Waals surface area contributed by atoms with Gasteiger partial charge in [-0.15, -0.1) is 0 Å². The fraction of sp³-hybridized carbons (Fsp3) is 0.133. The normalized spacial score (nSPS) is 10.4. The molecule has 0 unspecified atom stereocenters. The highest BCUT2D eigenvalue weighted by Crippen LogP contribution is 2.27. The Morgan fingerprint density at radius 2 is 1.67 bits per heavy atom. The molecule has 0 heterocycles. The molecule has 0 saturated carbocycles. The molecular weight excluding hydrogens is 267 g/mol. The summed E-state index contributed by atoms with van der Waals surface area (Å²) in [6, 6.07) is 12.6. The number of carbonyl (C=O) groups excluding carboxylic acids is 1. The third-order valence-corrected chi connectivity index (χ3v) is 3.42. The van der Waals surface area contributed by atoms with Crippen LogP contribution in [0.1, 0.15) is 28.4 Å². The highest BCUT2D eigenvalue weighted by atomic mass is 35.5. The molecule has 92 valence electrons. The number of aryl methyl sites for hydroxylation is 1. The summed E-state index contributed by atoms with van der Waals surface area (Å²) in [4.78, 5) is 12.4. The zero-order chi connectivity index (χ0) is 13.1. The molecule has 0 atom stereocenters. The van der Waals surface area contributed by atoms with Gasteiger partial charge in [-0.25, -0.2) is 0 Å². The van der Waals surface area contributed by atoms with Crippen LogP contribution in [0.4, 0.5) is 0 Å². The second kappa shape index (κ2) is 5.55. The smallest absolute Gasteiger partial charge is 0.196 e. The van der Waals surface area contributed by atoms with Crippen LogP contribution in [0.15, 0.2) is 42.5 Å². The van der Waals surface area contributed by atoms with Gasteiger partial charge in [-0.05, 0) is 30.2 Å². The lowest BCUT2D eigenvalue weighted by atomic mass is 10.0. The molecule has 0 aliphatic rings. The van der Waals surface area contributed by atoms with Crippen molar-refractivity contribution < 1.29 is 4.79 Å². The quantitative estimate of drug-likeness (QED) is 0.738. The van der Waals surface area contributed by atoms with Crippen molar-refractivity contribution in [1.82, 2.24) is 0 Å². The van der Waals surface area contributed by atoms with Gasteiger partial charge in [0.1, 0.15) is 0 Å². The van der Waals surface area contributed by atoms with Gasteiger partial charge in [0.2, 0.25) is 0 Å². The summed E-state index contributed by atoms with van der Waals surface area (Å²) in [5.74, 6) is -0.138. The van der Waals surface area contributed by atoms with Gasteiger partial charge in [0.05, 0.1) is 15.6 Å². The van der Waals surface area contributed by atoms with E-state index in [0.717, 1.165) is 12.0 Å². The molecule has 0 radical (unpaired) electrons. The Balaban J connectivity index is 2.48. The van der Waals surface area contributed by atoms with Gasteiger partial charge in [-0.3, -0.25) is 4.79 Å². The fourth-order valence-corrected chi connectivity index (χ4v) is 2.36. The predicted molar refractivity (Wildman–Crippen MR) is 75.7 cm³/mol. The average molecular weight is 279 g/mol. The highest BCUT2D eigenvalue weighted by molar-refractivity contribution is 6.41. The largest absolute Gasteiger partial charge is 0.288 e. The van der Waals surface area contributed by atoms with Crippen LogP contribution in [0.25, 0.3) is 0 Å². The van der Waals surface area contributed by atoms with Crippen molar-refractivity contribution in [1.29, 1.82) is 0 Å². The molecule has 18 heavy (non-hydrogen) atoms. The lowest BCUT2D eigenvalue weighted by Crippen LogP contribution is -2.03. The number of rotatable bonds is 3. The molecule has 0 spiro atoms. The van der Waals surface area contributed by atoms with Gasteiger partial charge in [0, 0.05) is 5.56 Å². The topological polar surface area (TPSA) is 17.1 Å². The number of hydrogen-bond donors (Lipinski definition) is 0. The molecule has 2 aromatic carbocycles. The minimum absolute atomic E-state index is 0.138. The summed E-state index contributed by atoms with van der Waals surface area (Å²) < 4.78 is 0. The maximum atomic E-state index is 12.4. The standard InChI is InChI=1S/C15H12Cl2O/c1-2-10-5-3-6-11(9-10)15(18)14-12(16)7-4-8-13(14)17/h3-9H,2H2,1H3. The van der Waals surface area contributed by atoms with E-state index in [4.69, 9.17) is 23.2 Å². The third-order valence-electron chi connectivity index (χ3n) is 2.79. The van der Waals surface area contributed by atoms with Crippen LogP contribution in [0, 0.1) is 0 Å². The summed E-state index contributed by atoms with van der Waals surface area (Å²) in [7, 11) is 0. The molecule has 0 saturated heterocycles. The molecule has 2 rings (SSSR count). The Hall–Kier alpha value is -1.31. The molecule has 0 aliphatic heterocycles. The Kier molecular flexibility index (Phi) is 4.05. The number of carbonyl (C=O) groups is 1. The molecule has 0 amide bonds. The van der Waals surface area contributed by atoms with Crippen LogP contribution in [0.3, 0.4) is 0 Å². The van der Waals surface area contributed by atoms with Crippen LogP contribution in [-0.2, 0) is 6.42 Å². The number of halogens is 2.